The summed E-state index contributed by atoms with van der Waals surface area (Å²) >= 11 is 5.65. The van der Waals surface area contributed by atoms with Gasteiger partial charge in [-0.05, 0) is 11.6 Å². The monoisotopic (exact) mass is 231 g/mol. The summed E-state index contributed by atoms with van der Waals surface area (Å²) in [5.41, 5.74) is 0. The van der Waals surface area contributed by atoms with Gasteiger partial charge in [0.2, 0.25) is 5.28 Å². The summed E-state index contributed by atoms with van der Waals surface area (Å²) in [4.78, 5) is 21.8. The number of ether oxygens (including phenoxy) is 1. The summed E-state index contributed by atoms with van der Waals surface area (Å²) in [6, 6.07) is 0. The number of morpholine rings is 1. The Labute approximate surface area is 91.3 Å². The van der Waals surface area contributed by atoms with E-state index in [1.807, 2.05) is 0 Å². The van der Waals surface area contributed by atoms with Crippen LogP contribution in [-0.4, -0.2) is 47.0 Å². The number of carbonyl (C=O) groups is 1. The van der Waals surface area contributed by atoms with E-state index in [1.54, 1.807) is 4.90 Å². The molecule has 0 aromatic carbocycles. The minimum Gasteiger partial charge on any atom is -0.378 e. The molecule has 0 unspecified atom stereocenters. The Morgan fingerprint density at radius 2 is 2.27 bits per heavy atom. The molecule has 2 rings (SSSR count). The van der Waals surface area contributed by atoms with Gasteiger partial charge in [0.05, 0.1) is 25.6 Å². The minimum absolute atomic E-state index is 0.122. The van der Waals surface area contributed by atoms with E-state index < -0.39 is 6.09 Å². The fraction of sp³-hybridized carbons (Fsp3) is 0.500. The van der Waals surface area contributed by atoms with Crippen molar-refractivity contribution in [3.05, 3.63) is 17.7 Å². The lowest BCUT2D eigenvalue weighted by atomic mass is 10.5. The maximum Gasteiger partial charge on any atom is 0.434 e. The first-order valence-electron chi connectivity index (χ1n) is 4.51. The molecule has 82 valence electrons. The predicted molar refractivity (Wildman–Crippen MR) is 51.6 cm³/mol. The number of nitrogens with zero attached hydrogens (tertiary/aromatic N) is 3. The van der Waals surface area contributed by atoms with Crippen molar-refractivity contribution < 1.29 is 14.4 Å². The molecule has 1 aliphatic heterocycles. The molecule has 0 aliphatic carbocycles. The zero-order valence-electron chi connectivity index (χ0n) is 7.93. The lowest BCUT2D eigenvalue weighted by Crippen LogP contribution is -2.44. The van der Waals surface area contributed by atoms with E-state index in [1.165, 1.54) is 12.4 Å². The second-order valence-electron chi connectivity index (χ2n) is 2.98. The van der Waals surface area contributed by atoms with E-state index in [0.717, 1.165) is 4.73 Å². The van der Waals surface area contributed by atoms with Crippen LogP contribution < -0.4 is 4.84 Å². The van der Waals surface area contributed by atoms with Gasteiger partial charge in [0.25, 0.3) is 0 Å². The van der Waals surface area contributed by atoms with Crippen LogP contribution in [0.3, 0.4) is 0 Å². The molecule has 0 N–H and O–H groups in total. The predicted octanol–water partition coefficient (Wildman–Crippen LogP) is 0.417. The van der Waals surface area contributed by atoms with Crippen molar-refractivity contribution in [3.8, 4) is 0 Å². The third-order valence-electron chi connectivity index (χ3n) is 2.01. The quantitative estimate of drug-likeness (QED) is 0.703. The summed E-state index contributed by atoms with van der Waals surface area (Å²) in [5, 5.41) is 0.122. The molecule has 0 radical (unpaired) electrons. The smallest absolute Gasteiger partial charge is 0.378 e. The van der Waals surface area contributed by atoms with E-state index in [4.69, 9.17) is 21.2 Å². The first-order valence-corrected chi connectivity index (χ1v) is 4.89. The molecule has 1 amide bonds. The van der Waals surface area contributed by atoms with Crippen LogP contribution in [0.2, 0.25) is 5.28 Å². The van der Waals surface area contributed by atoms with E-state index in [-0.39, 0.29) is 5.28 Å². The molecule has 0 spiro atoms. The highest BCUT2D eigenvalue weighted by atomic mass is 35.5. The number of carbonyl (C=O) groups excluding carboxylic acids is 1. The fourth-order valence-corrected chi connectivity index (χ4v) is 1.38. The van der Waals surface area contributed by atoms with Crippen molar-refractivity contribution >= 4 is 17.7 Å². The normalized spacial score (nSPS) is 16.5. The third-order valence-corrected chi connectivity index (χ3v) is 2.27. The SMILES string of the molecule is O=C(On1ccnc1Cl)N1CCOCC1. The molecule has 2 heterocycles. The van der Waals surface area contributed by atoms with Gasteiger partial charge in [-0.15, -0.1) is 4.73 Å². The van der Waals surface area contributed by atoms with Gasteiger partial charge in [0.1, 0.15) is 0 Å². The van der Waals surface area contributed by atoms with Crippen molar-refractivity contribution in [2.45, 2.75) is 0 Å². The minimum atomic E-state index is -0.446. The van der Waals surface area contributed by atoms with E-state index in [0.29, 0.717) is 26.3 Å². The summed E-state index contributed by atoms with van der Waals surface area (Å²) in [5.74, 6) is 0. The molecular weight excluding hydrogens is 222 g/mol. The van der Waals surface area contributed by atoms with Crippen LogP contribution in [0.1, 0.15) is 0 Å². The molecule has 0 atom stereocenters. The Bertz CT molecular complexity index is 349. The number of halogens is 1. The van der Waals surface area contributed by atoms with E-state index in [2.05, 4.69) is 4.98 Å². The average molecular weight is 232 g/mol. The standard InChI is InChI=1S/C8H10ClN3O3/c9-7-10-1-2-12(7)15-8(13)11-3-5-14-6-4-11/h1-2H,3-6H2. The molecule has 7 heteroatoms. The number of aromatic nitrogens is 2. The fourth-order valence-electron chi connectivity index (χ4n) is 1.23. The molecule has 1 aromatic rings. The summed E-state index contributed by atoms with van der Waals surface area (Å²) < 4.78 is 6.24. The Morgan fingerprint density at radius 3 is 2.87 bits per heavy atom. The van der Waals surface area contributed by atoms with Crippen molar-refractivity contribution in [1.29, 1.82) is 0 Å². The first-order chi connectivity index (χ1) is 7.27. The zero-order valence-corrected chi connectivity index (χ0v) is 8.68. The van der Waals surface area contributed by atoms with Crippen molar-refractivity contribution in [3.63, 3.8) is 0 Å². The lowest BCUT2D eigenvalue weighted by Gasteiger charge is -2.25. The van der Waals surface area contributed by atoms with Gasteiger partial charge < -0.3 is 14.5 Å². The van der Waals surface area contributed by atoms with Crippen molar-refractivity contribution in [2.24, 2.45) is 0 Å². The Hall–Kier alpha value is -1.27. The highest BCUT2D eigenvalue weighted by Gasteiger charge is 2.19. The largest absolute Gasteiger partial charge is 0.434 e. The second kappa shape index (κ2) is 4.50. The van der Waals surface area contributed by atoms with E-state index >= 15 is 0 Å². The highest BCUT2D eigenvalue weighted by Crippen LogP contribution is 2.04. The molecule has 1 aromatic heterocycles. The van der Waals surface area contributed by atoms with Gasteiger partial charge >= 0.3 is 6.09 Å². The molecule has 1 saturated heterocycles. The first kappa shape index (κ1) is 10.3. The van der Waals surface area contributed by atoms with Gasteiger partial charge in [-0.25, -0.2) is 9.78 Å². The molecule has 1 aliphatic rings. The van der Waals surface area contributed by atoms with Crippen LogP contribution in [0.5, 0.6) is 0 Å². The Morgan fingerprint density at radius 1 is 1.53 bits per heavy atom. The van der Waals surface area contributed by atoms with Crippen LogP contribution in [0.25, 0.3) is 0 Å². The molecule has 6 nitrogen and oxygen atoms in total. The summed E-state index contributed by atoms with van der Waals surface area (Å²) in [7, 11) is 0. The second-order valence-corrected chi connectivity index (χ2v) is 3.32. The Balaban J connectivity index is 1.94. The van der Waals surface area contributed by atoms with Crippen molar-refractivity contribution in [1.82, 2.24) is 14.6 Å². The molecule has 0 saturated carbocycles. The van der Waals surface area contributed by atoms with Crippen LogP contribution in [0, 0.1) is 0 Å². The molecule has 1 fully saturated rings. The van der Waals surface area contributed by atoms with Gasteiger partial charge in [0.15, 0.2) is 0 Å². The lowest BCUT2D eigenvalue weighted by molar-refractivity contribution is 0.0245. The van der Waals surface area contributed by atoms with Crippen molar-refractivity contribution in [2.75, 3.05) is 26.3 Å². The third kappa shape index (κ3) is 2.40. The Kier molecular flexibility index (Phi) is 3.08. The van der Waals surface area contributed by atoms with Gasteiger partial charge in [-0.2, -0.15) is 0 Å². The topological polar surface area (TPSA) is 56.6 Å². The van der Waals surface area contributed by atoms with Crippen LogP contribution in [-0.2, 0) is 4.74 Å². The van der Waals surface area contributed by atoms with Crippen LogP contribution in [0.15, 0.2) is 12.4 Å². The number of amides is 1. The van der Waals surface area contributed by atoms with E-state index in [9.17, 15) is 4.79 Å². The maximum absolute atomic E-state index is 11.6. The number of hydrogen-bond donors (Lipinski definition) is 0. The molecule has 0 bridgehead atoms. The summed E-state index contributed by atoms with van der Waals surface area (Å²) in [6.45, 7) is 2.13. The van der Waals surface area contributed by atoms with Gasteiger partial charge in [-0.3, -0.25) is 0 Å². The van der Waals surface area contributed by atoms with Crippen LogP contribution in [0.4, 0.5) is 4.79 Å². The number of rotatable bonds is 1. The van der Waals surface area contributed by atoms with Gasteiger partial charge in [-0.1, -0.05) is 0 Å². The number of imidazole rings is 1. The molecule has 15 heavy (non-hydrogen) atoms. The molecular formula is C8H10ClN3O3. The number of hydrogen-bond acceptors (Lipinski definition) is 4. The van der Waals surface area contributed by atoms with Gasteiger partial charge in [0, 0.05) is 13.1 Å². The van der Waals surface area contributed by atoms with Crippen LogP contribution >= 0.6 is 11.6 Å². The average Bonchev–Trinajstić information content (AvgIpc) is 2.66. The highest BCUT2D eigenvalue weighted by molar-refractivity contribution is 6.28. The summed E-state index contributed by atoms with van der Waals surface area (Å²) in [6.07, 6.45) is 2.48. The maximum atomic E-state index is 11.6. The zero-order chi connectivity index (χ0) is 10.7.